The lowest BCUT2D eigenvalue weighted by Gasteiger charge is -2.10. The van der Waals surface area contributed by atoms with Crippen molar-refractivity contribution in [2.75, 3.05) is 0 Å². The second-order valence-electron chi connectivity index (χ2n) is 5.82. The molecule has 2 rings (SSSR count). The molecule has 0 bridgehead atoms. The molecule has 4 N–H and O–H groups in total. The Kier molecular flexibility index (Phi) is 5.89. The van der Waals surface area contributed by atoms with E-state index in [0.29, 0.717) is 0 Å². The van der Waals surface area contributed by atoms with E-state index in [1.165, 1.54) is 18.2 Å². The van der Waals surface area contributed by atoms with Crippen LogP contribution in [0.2, 0.25) is 0 Å². The molecule has 0 spiro atoms. The van der Waals surface area contributed by atoms with Gasteiger partial charge in [0, 0.05) is 11.1 Å². The molecule has 0 atom stereocenters. The van der Waals surface area contributed by atoms with E-state index in [9.17, 15) is 24.0 Å². The molecule has 0 fully saturated rings. The van der Waals surface area contributed by atoms with Crippen molar-refractivity contribution in [2.24, 2.45) is 0 Å². The molecular formula is C19H14O9. The molecule has 28 heavy (non-hydrogen) atoms. The highest BCUT2D eigenvalue weighted by molar-refractivity contribution is 6.11. The number of benzene rings is 2. The van der Waals surface area contributed by atoms with Crippen molar-refractivity contribution in [1.29, 1.82) is 0 Å². The minimum absolute atomic E-state index is 0.0183. The van der Waals surface area contributed by atoms with E-state index in [0.717, 1.165) is 18.2 Å². The van der Waals surface area contributed by atoms with Crippen LogP contribution in [0.15, 0.2) is 36.4 Å². The molecule has 0 aliphatic rings. The van der Waals surface area contributed by atoms with E-state index in [1.54, 1.807) is 0 Å². The number of hydrogen-bond acceptors (Lipinski definition) is 5. The van der Waals surface area contributed by atoms with E-state index in [4.69, 9.17) is 20.4 Å². The van der Waals surface area contributed by atoms with Crippen LogP contribution in [0.25, 0.3) is 0 Å². The van der Waals surface area contributed by atoms with E-state index < -0.39 is 53.6 Å². The van der Waals surface area contributed by atoms with Crippen molar-refractivity contribution in [1.82, 2.24) is 0 Å². The van der Waals surface area contributed by atoms with Gasteiger partial charge in [0.25, 0.3) is 0 Å². The second-order valence-corrected chi connectivity index (χ2v) is 5.82. The molecule has 0 aromatic heterocycles. The summed E-state index contributed by atoms with van der Waals surface area (Å²) < 4.78 is 0. The Morgan fingerprint density at radius 1 is 0.607 bits per heavy atom. The maximum Gasteiger partial charge on any atom is 0.336 e. The Morgan fingerprint density at radius 3 is 1.64 bits per heavy atom. The minimum atomic E-state index is -1.52. The molecule has 0 radical (unpaired) electrons. The Balaban J connectivity index is 2.50. The van der Waals surface area contributed by atoms with Crippen LogP contribution in [-0.2, 0) is 22.4 Å². The minimum Gasteiger partial charge on any atom is -0.481 e. The standard InChI is InChI=1S/C19H14O9/c20-15(21)7-9-1-2-10(5-12(9)8-16(22)23)17(24)11-3-4-13(18(25)26)14(6-11)19(27)28/h1-6H,7-8H2,(H,20,21)(H,22,23)(H,25,26)(H,27,28). The second kappa shape index (κ2) is 8.12. The van der Waals surface area contributed by atoms with E-state index in [2.05, 4.69) is 0 Å². The molecule has 144 valence electrons. The topological polar surface area (TPSA) is 166 Å². The fraction of sp³-hybridized carbons (Fsp3) is 0.105. The molecule has 2 aromatic carbocycles. The van der Waals surface area contributed by atoms with Gasteiger partial charge in [-0.3, -0.25) is 14.4 Å². The number of aliphatic carboxylic acids is 2. The first-order valence-corrected chi connectivity index (χ1v) is 7.81. The van der Waals surface area contributed by atoms with Crippen LogP contribution >= 0.6 is 0 Å². The highest BCUT2D eigenvalue weighted by atomic mass is 16.4. The summed E-state index contributed by atoms with van der Waals surface area (Å²) in [5, 5.41) is 36.1. The van der Waals surface area contributed by atoms with Gasteiger partial charge in [-0.05, 0) is 29.3 Å². The first-order valence-electron chi connectivity index (χ1n) is 7.81. The van der Waals surface area contributed by atoms with Crippen LogP contribution in [-0.4, -0.2) is 50.1 Å². The zero-order valence-electron chi connectivity index (χ0n) is 14.2. The average Bonchev–Trinajstić information content (AvgIpc) is 2.61. The molecule has 0 aliphatic heterocycles. The highest BCUT2D eigenvalue weighted by Crippen LogP contribution is 2.20. The number of carbonyl (C=O) groups is 5. The average molecular weight is 386 g/mol. The van der Waals surface area contributed by atoms with Crippen molar-refractivity contribution in [3.63, 3.8) is 0 Å². The van der Waals surface area contributed by atoms with Gasteiger partial charge in [0.2, 0.25) is 0 Å². The molecule has 0 saturated carbocycles. The van der Waals surface area contributed by atoms with Gasteiger partial charge in [-0.2, -0.15) is 0 Å². The lowest BCUT2D eigenvalue weighted by atomic mass is 9.94. The molecule has 9 nitrogen and oxygen atoms in total. The molecule has 0 aliphatic carbocycles. The smallest absolute Gasteiger partial charge is 0.336 e. The van der Waals surface area contributed by atoms with E-state index in [1.807, 2.05) is 0 Å². The maximum atomic E-state index is 12.7. The number of carbonyl (C=O) groups excluding carboxylic acids is 1. The van der Waals surface area contributed by atoms with Gasteiger partial charge in [0.1, 0.15) is 0 Å². The van der Waals surface area contributed by atoms with Crippen molar-refractivity contribution >= 4 is 29.7 Å². The van der Waals surface area contributed by atoms with Crippen LogP contribution in [0, 0.1) is 0 Å². The number of hydrogen-bond donors (Lipinski definition) is 4. The summed E-state index contributed by atoms with van der Waals surface area (Å²) in [7, 11) is 0. The van der Waals surface area contributed by atoms with Crippen LogP contribution in [0.4, 0.5) is 0 Å². The number of carboxylic acid groups (broad SMARTS) is 4. The van der Waals surface area contributed by atoms with E-state index in [-0.39, 0.29) is 22.3 Å². The zero-order chi connectivity index (χ0) is 21.0. The zero-order valence-corrected chi connectivity index (χ0v) is 14.2. The number of aromatic carboxylic acids is 2. The van der Waals surface area contributed by atoms with Gasteiger partial charge in [0.05, 0.1) is 24.0 Å². The predicted molar refractivity (Wildman–Crippen MR) is 92.9 cm³/mol. The molecule has 2 aromatic rings. The SMILES string of the molecule is O=C(O)Cc1ccc(C(=O)c2ccc(C(=O)O)c(C(=O)O)c2)cc1CC(=O)O. The van der Waals surface area contributed by atoms with Gasteiger partial charge < -0.3 is 20.4 Å². The fourth-order valence-corrected chi connectivity index (χ4v) is 2.65. The van der Waals surface area contributed by atoms with Crippen molar-refractivity contribution in [3.8, 4) is 0 Å². The molecular weight excluding hydrogens is 372 g/mol. The number of ketones is 1. The van der Waals surface area contributed by atoms with Gasteiger partial charge in [-0.15, -0.1) is 0 Å². The molecule has 0 saturated heterocycles. The van der Waals surface area contributed by atoms with Gasteiger partial charge in [-0.25, -0.2) is 9.59 Å². The largest absolute Gasteiger partial charge is 0.481 e. The normalized spacial score (nSPS) is 10.3. The van der Waals surface area contributed by atoms with Crippen molar-refractivity contribution in [3.05, 3.63) is 69.8 Å². The maximum absolute atomic E-state index is 12.7. The Hall–Kier alpha value is -4.01. The first kappa shape index (κ1) is 20.3. The van der Waals surface area contributed by atoms with Gasteiger partial charge in [0.15, 0.2) is 5.78 Å². The predicted octanol–water partition coefficient (Wildman–Crippen LogP) is 1.57. The number of rotatable bonds is 8. The third-order valence-corrected chi connectivity index (χ3v) is 3.89. The lowest BCUT2D eigenvalue weighted by Crippen LogP contribution is -2.12. The van der Waals surface area contributed by atoms with Crippen molar-refractivity contribution in [2.45, 2.75) is 12.8 Å². The van der Waals surface area contributed by atoms with Gasteiger partial charge >= 0.3 is 23.9 Å². The third-order valence-electron chi connectivity index (χ3n) is 3.89. The number of carboxylic acids is 4. The quantitative estimate of drug-likeness (QED) is 0.492. The summed E-state index contributed by atoms with van der Waals surface area (Å²) in [5.41, 5.74) is -0.751. The third kappa shape index (κ3) is 4.58. The summed E-state index contributed by atoms with van der Waals surface area (Å²) in [5.74, 6) is -6.02. The summed E-state index contributed by atoms with van der Waals surface area (Å²) in [6.45, 7) is 0. The summed E-state index contributed by atoms with van der Waals surface area (Å²) in [6.07, 6.45) is -0.921. The van der Waals surface area contributed by atoms with Crippen LogP contribution < -0.4 is 0 Å². The van der Waals surface area contributed by atoms with Crippen LogP contribution in [0.3, 0.4) is 0 Å². The van der Waals surface area contributed by atoms with Gasteiger partial charge in [-0.1, -0.05) is 18.2 Å². The lowest BCUT2D eigenvalue weighted by molar-refractivity contribution is -0.137. The monoisotopic (exact) mass is 386 g/mol. The first-order chi connectivity index (χ1) is 13.1. The molecule has 0 amide bonds. The molecule has 0 unspecified atom stereocenters. The Morgan fingerprint density at radius 2 is 1.11 bits per heavy atom. The molecule has 9 heteroatoms. The Labute approximate surface area is 157 Å². The highest BCUT2D eigenvalue weighted by Gasteiger charge is 2.20. The fourth-order valence-electron chi connectivity index (χ4n) is 2.65. The van der Waals surface area contributed by atoms with Crippen LogP contribution in [0.5, 0.6) is 0 Å². The summed E-state index contributed by atoms with van der Waals surface area (Å²) >= 11 is 0. The Bertz CT molecular complexity index is 1000. The van der Waals surface area contributed by atoms with Crippen molar-refractivity contribution < 1.29 is 44.4 Å². The van der Waals surface area contributed by atoms with Crippen LogP contribution in [0.1, 0.15) is 47.8 Å². The van der Waals surface area contributed by atoms with E-state index >= 15 is 0 Å². The molecule has 0 heterocycles. The summed E-state index contributed by atoms with van der Waals surface area (Å²) in [4.78, 5) is 57.0. The summed E-state index contributed by atoms with van der Waals surface area (Å²) in [6, 6.07) is 6.94.